The number of imidazole rings is 1. The maximum Gasteiger partial charge on any atom is 0.227 e. The number of aromatic nitrogens is 4. The maximum atomic E-state index is 6.27. The molecule has 5 aromatic carbocycles. The van der Waals surface area contributed by atoms with Crippen LogP contribution in [0.4, 0.5) is 5.69 Å². The molecular formula is C46H41N5O4. The Morgan fingerprint density at radius 2 is 1.20 bits per heavy atom. The smallest absolute Gasteiger partial charge is 0.227 e. The molecule has 0 unspecified atom stereocenters. The highest BCUT2D eigenvalue weighted by molar-refractivity contribution is 5.84. The lowest BCUT2D eigenvalue weighted by atomic mass is 9.91. The topological polar surface area (TPSA) is 114 Å². The number of hydrogen-bond acceptors (Lipinski definition) is 8. The maximum absolute atomic E-state index is 6.27. The highest BCUT2D eigenvalue weighted by atomic mass is 16.5. The lowest BCUT2D eigenvalue weighted by Crippen LogP contribution is -2.20. The van der Waals surface area contributed by atoms with E-state index < -0.39 is 0 Å². The van der Waals surface area contributed by atoms with Gasteiger partial charge < -0.3 is 28.6 Å². The molecule has 0 aliphatic carbocycles. The summed E-state index contributed by atoms with van der Waals surface area (Å²) in [6.07, 6.45) is 5.17. The van der Waals surface area contributed by atoms with Crippen molar-refractivity contribution in [3.8, 4) is 34.7 Å². The van der Waals surface area contributed by atoms with Crippen LogP contribution in [0.3, 0.4) is 0 Å². The van der Waals surface area contributed by atoms with Crippen LogP contribution in [0.1, 0.15) is 48.7 Å². The molecule has 9 nitrogen and oxygen atoms in total. The van der Waals surface area contributed by atoms with Crippen LogP contribution < -0.4 is 5.73 Å². The predicted molar refractivity (Wildman–Crippen MR) is 215 cm³/mol. The molecule has 55 heavy (non-hydrogen) atoms. The number of benzene rings is 5. The van der Waals surface area contributed by atoms with Gasteiger partial charge in [-0.3, -0.25) is 0 Å². The predicted octanol–water partition coefficient (Wildman–Crippen LogP) is 9.64. The number of nitrogens with two attached hydrogens (primary N) is 1. The van der Waals surface area contributed by atoms with Crippen molar-refractivity contribution in [1.29, 1.82) is 0 Å². The number of oxazole rings is 2. The highest BCUT2D eigenvalue weighted by Gasteiger charge is 2.22. The van der Waals surface area contributed by atoms with Crippen molar-refractivity contribution in [3.05, 3.63) is 132 Å². The van der Waals surface area contributed by atoms with E-state index in [0.717, 1.165) is 120 Å². The van der Waals surface area contributed by atoms with E-state index in [1.54, 1.807) is 0 Å². The van der Waals surface area contributed by atoms with Crippen LogP contribution in [-0.4, -0.2) is 45.9 Å². The summed E-state index contributed by atoms with van der Waals surface area (Å²) in [6, 6.07) is 38.3. The van der Waals surface area contributed by atoms with Crippen molar-refractivity contribution in [2.24, 2.45) is 5.92 Å². The van der Waals surface area contributed by atoms with Crippen molar-refractivity contribution in [3.63, 3.8) is 0 Å². The van der Waals surface area contributed by atoms with Gasteiger partial charge in [-0.25, -0.2) is 15.0 Å². The Hall–Kier alpha value is -6.21. The molecule has 5 heterocycles. The fourth-order valence-electron chi connectivity index (χ4n) is 7.45. The van der Waals surface area contributed by atoms with E-state index in [4.69, 9.17) is 29.0 Å². The van der Waals surface area contributed by atoms with Crippen LogP contribution in [0.5, 0.6) is 0 Å². The Bertz CT molecular complexity index is 2570. The molecule has 2 aliphatic heterocycles. The van der Waals surface area contributed by atoms with Gasteiger partial charge in [0.15, 0.2) is 17.0 Å². The van der Waals surface area contributed by atoms with Gasteiger partial charge in [-0.05, 0) is 116 Å². The first-order valence-corrected chi connectivity index (χ1v) is 19.0. The standard InChI is InChI=1S/C27H21N3O2.C19H20N2O2/c1-2-6-19(7-3-1)10-13-26-28-23-18-20(27-29-22-8-4-5-9-25(22)32-27)11-12-24(23)30(26)21-14-16-31-17-15-21;20-16-12-15(19-21-17-3-1-2-4-18(17)23-19)6-5-14(16)11-13-7-9-22-10-8-13/h1-9,11-12,18,21H,14-17H2;1-6,12-13H,7-11,20H2. The summed E-state index contributed by atoms with van der Waals surface area (Å²) in [5, 5.41) is 0. The van der Waals surface area contributed by atoms with Crippen molar-refractivity contribution >= 4 is 38.9 Å². The Morgan fingerprint density at radius 3 is 1.85 bits per heavy atom. The molecule has 9 heteroatoms. The van der Waals surface area contributed by atoms with Gasteiger partial charge >= 0.3 is 0 Å². The molecule has 0 bridgehead atoms. The van der Waals surface area contributed by atoms with E-state index in [2.05, 4.69) is 50.6 Å². The van der Waals surface area contributed by atoms with E-state index in [9.17, 15) is 0 Å². The molecule has 8 aromatic rings. The number of rotatable bonds is 5. The van der Waals surface area contributed by atoms with Gasteiger partial charge in [-0.1, -0.05) is 54.5 Å². The van der Waals surface area contributed by atoms with Gasteiger partial charge in [0.25, 0.3) is 0 Å². The molecule has 0 saturated carbocycles. The minimum absolute atomic E-state index is 0.323. The van der Waals surface area contributed by atoms with Crippen LogP contribution in [0.25, 0.3) is 56.1 Å². The number of nitrogen functional groups attached to an aromatic ring is 1. The molecule has 3 aromatic heterocycles. The summed E-state index contributed by atoms with van der Waals surface area (Å²) < 4.78 is 25.1. The van der Waals surface area contributed by atoms with Gasteiger partial charge in [0, 0.05) is 54.8 Å². The average molecular weight is 728 g/mol. The van der Waals surface area contributed by atoms with Crippen LogP contribution in [0, 0.1) is 17.8 Å². The van der Waals surface area contributed by atoms with Gasteiger partial charge in [-0.2, -0.15) is 0 Å². The quantitative estimate of drug-likeness (QED) is 0.138. The Morgan fingerprint density at radius 1 is 0.600 bits per heavy atom. The monoisotopic (exact) mass is 727 g/mol. The molecular weight excluding hydrogens is 687 g/mol. The molecule has 10 rings (SSSR count). The number of nitrogens with zero attached hydrogens (tertiary/aromatic N) is 4. The van der Waals surface area contributed by atoms with E-state index in [1.165, 1.54) is 5.56 Å². The third-order valence-corrected chi connectivity index (χ3v) is 10.4. The normalized spacial score (nSPS) is 15.1. The number of ether oxygens (including phenoxy) is 2. The zero-order valence-corrected chi connectivity index (χ0v) is 30.5. The molecule has 0 atom stereocenters. The van der Waals surface area contributed by atoms with Crippen molar-refractivity contribution < 1.29 is 18.3 Å². The van der Waals surface area contributed by atoms with Crippen LogP contribution in [-0.2, 0) is 15.9 Å². The number of para-hydroxylation sites is 4. The molecule has 274 valence electrons. The summed E-state index contributed by atoms with van der Waals surface area (Å²) in [6.45, 7) is 3.25. The molecule has 0 spiro atoms. The van der Waals surface area contributed by atoms with Gasteiger partial charge in [0.05, 0.1) is 11.0 Å². The Balaban J connectivity index is 0.000000153. The second kappa shape index (κ2) is 15.6. The summed E-state index contributed by atoms with van der Waals surface area (Å²) >= 11 is 0. The van der Waals surface area contributed by atoms with Crippen LogP contribution >= 0.6 is 0 Å². The Kier molecular flexibility index (Phi) is 9.83. The van der Waals surface area contributed by atoms with E-state index in [-0.39, 0.29) is 0 Å². The third kappa shape index (κ3) is 7.60. The zero-order chi connectivity index (χ0) is 37.0. The average Bonchev–Trinajstić information content (AvgIpc) is 3.97. The fraction of sp³-hybridized carbons (Fsp3) is 0.239. The fourth-order valence-corrected chi connectivity index (χ4v) is 7.45. The molecule has 2 fully saturated rings. The summed E-state index contributed by atoms with van der Waals surface area (Å²) in [4.78, 5) is 14.1. The SMILES string of the molecule is C(#Cc1nc2cc(-c3nc4ccccc4o3)ccc2n1C1CCOCC1)c1ccccc1.Nc1cc(-c2nc3ccccc3o2)ccc1CC1CCOCC1. The number of fused-ring (bicyclic) bond motifs is 3. The van der Waals surface area contributed by atoms with Gasteiger partial charge in [-0.15, -0.1) is 0 Å². The van der Waals surface area contributed by atoms with Crippen molar-refractivity contribution in [2.75, 3.05) is 32.2 Å². The zero-order valence-electron chi connectivity index (χ0n) is 30.5. The molecule has 2 saturated heterocycles. The summed E-state index contributed by atoms with van der Waals surface area (Å²) in [5.41, 5.74) is 16.4. The van der Waals surface area contributed by atoms with E-state index >= 15 is 0 Å². The number of hydrogen-bond donors (Lipinski definition) is 1. The largest absolute Gasteiger partial charge is 0.436 e. The van der Waals surface area contributed by atoms with Crippen molar-refractivity contribution in [1.82, 2.24) is 19.5 Å². The number of anilines is 1. The molecule has 2 N–H and O–H groups in total. The third-order valence-electron chi connectivity index (χ3n) is 10.4. The van der Waals surface area contributed by atoms with Crippen LogP contribution in [0.2, 0.25) is 0 Å². The lowest BCUT2D eigenvalue weighted by Gasteiger charge is -2.24. The van der Waals surface area contributed by atoms with Gasteiger partial charge in [0.1, 0.15) is 11.0 Å². The molecule has 0 radical (unpaired) electrons. The lowest BCUT2D eigenvalue weighted by molar-refractivity contribution is 0.0666. The van der Waals surface area contributed by atoms with Crippen LogP contribution in [0.15, 0.2) is 124 Å². The highest BCUT2D eigenvalue weighted by Crippen LogP contribution is 2.32. The molecule has 2 aliphatic rings. The Labute approximate surface area is 319 Å². The second-order valence-electron chi connectivity index (χ2n) is 14.1. The summed E-state index contributed by atoms with van der Waals surface area (Å²) in [7, 11) is 0. The van der Waals surface area contributed by atoms with E-state index in [0.29, 0.717) is 23.7 Å². The first kappa shape index (κ1) is 34.6. The molecule has 0 amide bonds. The minimum Gasteiger partial charge on any atom is -0.436 e. The first-order valence-electron chi connectivity index (χ1n) is 19.0. The van der Waals surface area contributed by atoms with E-state index in [1.807, 2.05) is 91.0 Å². The van der Waals surface area contributed by atoms with Crippen molar-refractivity contribution in [2.45, 2.75) is 38.1 Å². The second-order valence-corrected chi connectivity index (χ2v) is 14.1. The summed E-state index contributed by atoms with van der Waals surface area (Å²) in [5.74, 6) is 9.26. The first-order chi connectivity index (χ1) is 27.1. The van der Waals surface area contributed by atoms with Gasteiger partial charge in [0.2, 0.25) is 11.8 Å². The minimum atomic E-state index is 0.323.